The van der Waals surface area contributed by atoms with Gasteiger partial charge in [0.25, 0.3) is 0 Å². The molecule has 50 heavy (non-hydrogen) atoms. The lowest BCUT2D eigenvalue weighted by Crippen LogP contribution is -2.00. The predicted octanol–water partition coefficient (Wildman–Crippen LogP) is 12.2. The average molecular weight is 638 g/mol. The van der Waals surface area contributed by atoms with Crippen LogP contribution in [-0.4, -0.2) is 15.0 Å². The van der Waals surface area contributed by atoms with Gasteiger partial charge in [-0.05, 0) is 73.1 Å². The van der Waals surface area contributed by atoms with Crippen LogP contribution < -0.4 is 0 Å². The van der Waals surface area contributed by atoms with E-state index in [4.69, 9.17) is 15.0 Å². The van der Waals surface area contributed by atoms with Crippen molar-refractivity contribution in [3.8, 4) is 67.5 Å². The third-order valence-corrected chi connectivity index (χ3v) is 9.31. The van der Waals surface area contributed by atoms with E-state index in [9.17, 15) is 0 Å². The van der Waals surface area contributed by atoms with Gasteiger partial charge >= 0.3 is 0 Å². The molecule has 1 aromatic heterocycles. The molecule has 0 fully saturated rings. The Balaban J connectivity index is 1.09. The molecule has 3 nitrogen and oxygen atoms in total. The van der Waals surface area contributed by atoms with Crippen LogP contribution in [0.15, 0.2) is 188 Å². The van der Waals surface area contributed by atoms with Crippen LogP contribution in [0.2, 0.25) is 0 Å². The Morgan fingerprint density at radius 3 is 1.38 bits per heavy atom. The monoisotopic (exact) mass is 637 g/mol. The van der Waals surface area contributed by atoms with Gasteiger partial charge in [0.15, 0.2) is 17.5 Å². The van der Waals surface area contributed by atoms with Crippen LogP contribution in [0.25, 0.3) is 89.1 Å². The van der Waals surface area contributed by atoms with Gasteiger partial charge in [-0.25, -0.2) is 15.0 Å². The molecule has 0 amide bonds. The number of hydrogen-bond donors (Lipinski definition) is 0. The highest BCUT2D eigenvalue weighted by molar-refractivity contribution is 5.97. The van der Waals surface area contributed by atoms with E-state index in [1.807, 2.05) is 30.3 Å². The summed E-state index contributed by atoms with van der Waals surface area (Å²) in [6, 6.07) is 65.9. The minimum absolute atomic E-state index is 0.641. The Morgan fingerprint density at radius 2 is 0.680 bits per heavy atom. The smallest absolute Gasteiger partial charge is 0.164 e. The second-order valence-electron chi connectivity index (χ2n) is 12.5. The molecule has 234 valence electrons. The first-order valence-electron chi connectivity index (χ1n) is 16.9. The van der Waals surface area contributed by atoms with E-state index >= 15 is 0 Å². The van der Waals surface area contributed by atoms with E-state index in [1.54, 1.807) is 0 Å². The Kier molecular flexibility index (Phi) is 7.49. The van der Waals surface area contributed by atoms with E-state index in [0.717, 1.165) is 33.4 Å². The highest BCUT2D eigenvalue weighted by atomic mass is 15.0. The fraction of sp³-hybridized carbons (Fsp3) is 0. The molecule has 9 rings (SSSR count). The minimum atomic E-state index is 0.641. The van der Waals surface area contributed by atoms with E-state index in [2.05, 4.69) is 158 Å². The van der Waals surface area contributed by atoms with Crippen molar-refractivity contribution in [3.63, 3.8) is 0 Å². The minimum Gasteiger partial charge on any atom is -0.208 e. The normalized spacial score (nSPS) is 11.2. The van der Waals surface area contributed by atoms with Crippen LogP contribution >= 0.6 is 0 Å². The van der Waals surface area contributed by atoms with Gasteiger partial charge in [-0.15, -0.1) is 0 Å². The number of nitrogens with zero attached hydrogens (tertiary/aromatic N) is 3. The molecule has 0 aliphatic rings. The van der Waals surface area contributed by atoms with Crippen molar-refractivity contribution in [3.05, 3.63) is 188 Å². The molecule has 3 heteroatoms. The molecule has 0 bridgehead atoms. The van der Waals surface area contributed by atoms with Crippen LogP contribution in [-0.2, 0) is 0 Å². The van der Waals surface area contributed by atoms with Gasteiger partial charge in [0.1, 0.15) is 0 Å². The maximum absolute atomic E-state index is 5.05. The summed E-state index contributed by atoms with van der Waals surface area (Å²) in [5, 5.41) is 4.88. The van der Waals surface area contributed by atoms with Crippen LogP contribution in [0.5, 0.6) is 0 Å². The Labute approximate surface area is 291 Å². The Hall–Kier alpha value is -6.71. The fourth-order valence-electron chi connectivity index (χ4n) is 6.70. The zero-order chi connectivity index (χ0) is 33.3. The lowest BCUT2D eigenvalue weighted by Gasteiger charge is -2.11. The van der Waals surface area contributed by atoms with Crippen molar-refractivity contribution in [2.45, 2.75) is 0 Å². The lowest BCUT2D eigenvalue weighted by atomic mass is 9.97. The molecule has 0 unspecified atom stereocenters. The maximum Gasteiger partial charge on any atom is 0.164 e. The Morgan fingerprint density at radius 1 is 0.240 bits per heavy atom. The van der Waals surface area contributed by atoms with Crippen molar-refractivity contribution in [2.75, 3.05) is 0 Å². The number of rotatable bonds is 6. The first-order valence-corrected chi connectivity index (χ1v) is 16.9. The van der Waals surface area contributed by atoms with Gasteiger partial charge in [0.05, 0.1) is 0 Å². The summed E-state index contributed by atoms with van der Waals surface area (Å²) in [5.74, 6) is 1.93. The summed E-state index contributed by atoms with van der Waals surface area (Å²) >= 11 is 0. The van der Waals surface area contributed by atoms with Crippen LogP contribution in [0.3, 0.4) is 0 Å². The molecule has 0 radical (unpaired) electrons. The third kappa shape index (κ3) is 5.72. The molecule has 0 saturated heterocycles. The number of benzene rings is 8. The number of aromatic nitrogens is 3. The van der Waals surface area contributed by atoms with Crippen LogP contribution in [0.1, 0.15) is 0 Å². The van der Waals surface area contributed by atoms with Gasteiger partial charge in [-0.1, -0.05) is 170 Å². The topological polar surface area (TPSA) is 38.7 Å². The van der Waals surface area contributed by atoms with Crippen molar-refractivity contribution < 1.29 is 0 Å². The van der Waals surface area contributed by atoms with Gasteiger partial charge in [0.2, 0.25) is 0 Å². The summed E-state index contributed by atoms with van der Waals surface area (Å²) in [6.07, 6.45) is 0. The van der Waals surface area contributed by atoms with Gasteiger partial charge in [0, 0.05) is 16.7 Å². The van der Waals surface area contributed by atoms with Crippen molar-refractivity contribution >= 4 is 21.5 Å². The quantitative estimate of drug-likeness (QED) is 0.182. The molecule has 0 N–H and O–H groups in total. The highest BCUT2D eigenvalue weighted by Gasteiger charge is 2.14. The lowest BCUT2D eigenvalue weighted by molar-refractivity contribution is 1.07. The first-order chi connectivity index (χ1) is 24.7. The molecule has 0 spiro atoms. The van der Waals surface area contributed by atoms with Crippen molar-refractivity contribution in [1.82, 2.24) is 15.0 Å². The highest BCUT2D eigenvalue weighted by Crippen LogP contribution is 2.33. The second kappa shape index (κ2) is 12.7. The largest absolute Gasteiger partial charge is 0.208 e. The van der Waals surface area contributed by atoms with Gasteiger partial charge in [-0.3, -0.25) is 0 Å². The maximum atomic E-state index is 5.05. The molecule has 1 heterocycles. The zero-order valence-corrected chi connectivity index (χ0v) is 27.2. The molecular formula is C47H31N3. The van der Waals surface area contributed by atoms with Crippen molar-refractivity contribution in [1.29, 1.82) is 0 Å². The van der Waals surface area contributed by atoms with Crippen LogP contribution in [0.4, 0.5) is 0 Å². The van der Waals surface area contributed by atoms with Gasteiger partial charge < -0.3 is 0 Å². The summed E-state index contributed by atoms with van der Waals surface area (Å²) in [4.78, 5) is 15.0. The summed E-state index contributed by atoms with van der Waals surface area (Å²) in [6.45, 7) is 0. The molecule has 0 aliphatic heterocycles. The molecular weight excluding hydrogens is 607 g/mol. The Bertz CT molecular complexity index is 2620. The summed E-state index contributed by atoms with van der Waals surface area (Å²) in [5.41, 5.74) is 9.89. The SMILES string of the molecule is c1ccc(-c2ccc3cc(-c4cccc(-c5nc(-c6ccccc6)nc(-c6ccc(-c7cccc8ccccc78)cc6)n5)c4)ccc3c2)cc1. The third-order valence-electron chi connectivity index (χ3n) is 9.31. The molecule has 0 saturated carbocycles. The van der Waals surface area contributed by atoms with E-state index < -0.39 is 0 Å². The predicted molar refractivity (Wildman–Crippen MR) is 207 cm³/mol. The summed E-state index contributed by atoms with van der Waals surface area (Å²) in [7, 11) is 0. The fourth-order valence-corrected chi connectivity index (χ4v) is 6.70. The number of fused-ring (bicyclic) bond motifs is 2. The van der Waals surface area contributed by atoms with E-state index in [1.165, 1.54) is 38.2 Å². The molecule has 8 aromatic carbocycles. The number of hydrogen-bond acceptors (Lipinski definition) is 3. The summed E-state index contributed by atoms with van der Waals surface area (Å²) < 4.78 is 0. The zero-order valence-electron chi connectivity index (χ0n) is 27.2. The first kappa shape index (κ1) is 29.4. The molecule has 0 aliphatic carbocycles. The van der Waals surface area contributed by atoms with E-state index in [0.29, 0.717) is 17.5 Å². The van der Waals surface area contributed by atoms with Gasteiger partial charge in [-0.2, -0.15) is 0 Å². The van der Waals surface area contributed by atoms with E-state index in [-0.39, 0.29) is 0 Å². The standard InChI is InChI=1S/C47H31N3/c1-3-11-32(12-4-1)38-25-26-41-30-39(27-28-40(41)29-38)37-17-9-18-42(31-37)47-49-45(35-14-5-2-6-15-35)48-46(50-47)36-23-21-34(22-24-36)44-20-10-16-33-13-7-8-19-43(33)44/h1-31H. The second-order valence-corrected chi connectivity index (χ2v) is 12.5. The van der Waals surface area contributed by atoms with Crippen LogP contribution in [0, 0.1) is 0 Å². The molecule has 0 atom stereocenters. The molecule has 9 aromatic rings. The van der Waals surface area contributed by atoms with Crippen molar-refractivity contribution in [2.24, 2.45) is 0 Å². The average Bonchev–Trinajstić information content (AvgIpc) is 3.21.